The van der Waals surface area contributed by atoms with Crippen molar-refractivity contribution in [3.05, 3.63) is 18.0 Å². The number of ether oxygens (including phenoxy) is 1. The van der Waals surface area contributed by atoms with Crippen molar-refractivity contribution in [2.75, 3.05) is 13.2 Å². The zero-order valence-corrected chi connectivity index (χ0v) is 8.98. The number of hydrogen-bond acceptors (Lipinski definition) is 3. The minimum Gasteiger partial charge on any atom is -0.381 e. The van der Waals surface area contributed by atoms with Crippen molar-refractivity contribution in [3.8, 4) is 0 Å². The zero-order valence-electron chi connectivity index (χ0n) is 8.98. The summed E-state index contributed by atoms with van der Waals surface area (Å²) in [5.74, 6) is 0.346. The van der Waals surface area contributed by atoms with Crippen LogP contribution in [0.2, 0.25) is 0 Å². The summed E-state index contributed by atoms with van der Waals surface area (Å²) in [6.07, 6.45) is 3.37. The average molecular weight is 208 g/mol. The molecule has 1 fully saturated rings. The lowest BCUT2D eigenvalue weighted by molar-refractivity contribution is 0.0538. The third kappa shape index (κ3) is 2.09. The van der Waals surface area contributed by atoms with Crippen LogP contribution in [0, 0.1) is 5.92 Å². The molecule has 4 nitrogen and oxygen atoms in total. The van der Waals surface area contributed by atoms with E-state index in [1.165, 1.54) is 0 Å². The Kier molecular flexibility index (Phi) is 3.16. The number of carbonyl (C=O) groups excluding carboxylic acids is 1. The Labute approximate surface area is 89.2 Å². The number of ketones is 1. The Morgan fingerprint density at radius 2 is 2.33 bits per heavy atom. The van der Waals surface area contributed by atoms with Crippen LogP contribution in [0.4, 0.5) is 0 Å². The zero-order chi connectivity index (χ0) is 10.7. The molecular formula is C11H16N2O2. The molecule has 0 radical (unpaired) electrons. The molecule has 2 rings (SSSR count). The molecule has 15 heavy (non-hydrogen) atoms. The minimum atomic E-state index is 0.126. The highest BCUT2D eigenvalue weighted by molar-refractivity contribution is 5.96. The molecule has 1 aliphatic heterocycles. The number of aryl methyl sites for hydroxylation is 1. The smallest absolute Gasteiger partial charge is 0.184 e. The van der Waals surface area contributed by atoms with Gasteiger partial charge in [0, 0.05) is 31.9 Å². The van der Waals surface area contributed by atoms with E-state index >= 15 is 0 Å². The van der Waals surface area contributed by atoms with Crippen LogP contribution in [0.3, 0.4) is 0 Å². The molecule has 4 heteroatoms. The van der Waals surface area contributed by atoms with Gasteiger partial charge >= 0.3 is 0 Å². The summed E-state index contributed by atoms with van der Waals surface area (Å²) in [6, 6.07) is 1.81. The van der Waals surface area contributed by atoms with E-state index in [2.05, 4.69) is 5.10 Å². The van der Waals surface area contributed by atoms with Gasteiger partial charge in [-0.15, -0.1) is 0 Å². The van der Waals surface area contributed by atoms with Crippen molar-refractivity contribution >= 4 is 5.78 Å². The third-order valence-corrected chi connectivity index (χ3v) is 2.86. The Hall–Kier alpha value is -1.16. The fourth-order valence-electron chi connectivity index (χ4n) is 1.96. The second kappa shape index (κ2) is 4.57. The summed E-state index contributed by atoms with van der Waals surface area (Å²) in [5.41, 5.74) is 0.740. The van der Waals surface area contributed by atoms with Crippen LogP contribution >= 0.6 is 0 Å². The quantitative estimate of drug-likeness (QED) is 0.707. The molecule has 0 unspecified atom stereocenters. The first-order valence-corrected chi connectivity index (χ1v) is 5.46. The molecule has 0 saturated carbocycles. The fourth-order valence-corrected chi connectivity index (χ4v) is 1.96. The minimum absolute atomic E-state index is 0.126. The van der Waals surface area contributed by atoms with Crippen LogP contribution < -0.4 is 0 Å². The summed E-state index contributed by atoms with van der Waals surface area (Å²) in [7, 11) is 0. The second-order valence-electron chi connectivity index (χ2n) is 3.78. The third-order valence-electron chi connectivity index (χ3n) is 2.86. The highest BCUT2D eigenvalue weighted by atomic mass is 16.5. The summed E-state index contributed by atoms with van der Waals surface area (Å²) < 4.78 is 7.01. The van der Waals surface area contributed by atoms with Gasteiger partial charge in [-0.05, 0) is 25.8 Å². The lowest BCUT2D eigenvalue weighted by Crippen LogP contribution is -2.25. The molecular weight excluding hydrogens is 192 g/mol. The maximum absolute atomic E-state index is 12.1. The second-order valence-corrected chi connectivity index (χ2v) is 3.78. The van der Waals surface area contributed by atoms with E-state index in [1.54, 1.807) is 16.9 Å². The van der Waals surface area contributed by atoms with Gasteiger partial charge in [-0.2, -0.15) is 5.10 Å². The van der Waals surface area contributed by atoms with E-state index in [4.69, 9.17) is 4.74 Å². The predicted octanol–water partition coefficient (Wildman–Crippen LogP) is 1.51. The first kappa shape index (κ1) is 10.4. The molecule has 2 heterocycles. The molecule has 0 aromatic carbocycles. The first-order valence-electron chi connectivity index (χ1n) is 5.46. The van der Waals surface area contributed by atoms with E-state index in [0.29, 0.717) is 13.2 Å². The number of hydrogen-bond donors (Lipinski definition) is 0. The van der Waals surface area contributed by atoms with Gasteiger partial charge in [0.2, 0.25) is 0 Å². The molecule has 82 valence electrons. The van der Waals surface area contributed by atoms with E-state index < -0.39 is 0 Å². The molecule has 1 aliphatic rings. The van der Waals surface area contributed by atoms with Crippen molar-refractivity contribution in [2.24, 2.45) is 5.92 Å². The fraction of sp³-hybridized carbons (Fsp3) is 0.636. The number of aromatic nitrogens is 2. The normalized spacial score (nSPS) is 17.9. The molecule has 1 aromatic heterocycles. The summed E-state index contributed by atoms with van der Waals surface area (Å²) in [4.78, 5) is 12.1. The van der Waals surface area contributed by atoms with Crippen LogP contribution in [0.15, 0.2) is 12.3 Å². The van der Waals surface area contributed by atoms with E-state index in [1.807, 2.05) is 6.92 Å². The summed E-state index contributed by atoms with van der Waals surface area (Å²) >= 11 is 0. The van der Waals surface area contributed by atoms with Crippen molar-refractivity contribution in [3.63, 3.8) is 0 Å². The lowest BCUT2D eigenvalue weighted by Gasteiger charge is -2.20. The van der Waals surface area contributed by atoms with Crippen molar-refractivity contribution in [2.45, 2.75) is 26.3 Å². The average Bonchev–Trinajstić information content (AvgIpc) is 2.77. The number of carbonyl (C=O) groups is 1. The van der Waals surface area contributed by atoms with Crippen LogP contribution in [-0.4, -0.2) is 28.8 Å². The van der Waals surface area contributed by atoms with Gasteiger partial charge in [-0.1, -0.05) is 0 Å². The van der Waals surface area contributed by atoms with Gasteiger partial charge in [-0.25, -0.2) is 0 Å². The van der Waals surface area contributed by atoms with E-state index in [9.17, 15) is 4.79 Å². The van der Waals surface area contributed by atoms with Crippen molar-refractivity contribution in [1.82, 2.24) is 9.78 Å². The lowest BCUT2D eigenvalue weighted by atomic mass is 9.93. The number of nitrogens with zero attached hydrogens (tertiary/aromatic N) is 2. The summed E-state index contributed by atoms with van der Waals surface area (Å²) in [6.45, 7) is 4.15. The molecule has 1 saturated heterocycles. The van der Waals surface area contributed by atoms with Crippen molar-refractivity contribution < 1.29 is 9.53 Å². The van der Waals surface area contributed by atoms with Crippen molar-refractivity contribution in [1.29, 1.82) is 0 Å². The Bertz CT molecular complexity index is 340. The Morgan fingerprint density at radius 1 is 1.60 bits per heavy atom. The monoisotopic (exact) mass is 208 g/mol. The van der Waals surface area contributed by atoms with Gasteiger partial charge in [0.25, 0.3) is 0 Å². The van der Waals surface area contributed by atoms with Gasteiger partial charge in [-0.3, -0.25) is 9.48 Å². The molecule has 0 aliphatic carbocycles. The largest absolute Gasteiger partial charge is 0.381 e. The maximum atomic E-state index is 12.1. The Morgan fingerprint density at radius 3 is 3.00 bits per heavy atom. The molecule has 0 amide bonds. The standard InChI is InChI=1S/C11H16N2O2/c1-2-13-10(3-6-12-13)11(14)9-4-7-15-8-5-9/h3,6,9H,2,4-5,7-8H2,1H3. The highest BCUT2D eigenvalue weighted by Gasteiger charge is 2.24. The van der Waals surface area contributed by atoms with Crippen LogP contribution in [0.25, 0.3) is 0 Å². The topological polar surface area (TPSA) is 44.1 Å². The van der Waals surface area contributed by atoms with Crippen LogP contribution in [0.1, 0.15) is 30.3 Å². The summed E-state index contributed by atoms with van der Waals surface area (Å²) in [5, 5.41) is 4.12. The highest BCUT2D eigenvalue weighted by Crippen LogP contribution is 2.19. The van der Waals surface area contributed by atoms with Gasteiger partial charge in [0.05, 0.1) is 0 Å². The molecule has 0 spiro atoms. The first-order chi connectivity index (χ1) is 7.33. The van der Waals surface area contributed by atoms with Gasteiger partial charge in [0.1, 0.15) is 5.69 Å². The molecule has 0 atom stereocenters. The maximum Gasteiger partial charge on any atom is 0.184 e. The number of Topliss-reactive ketones (excluding diaryl/α,β-unsaturated/α-hetero) is 1. The number of rotatable bonds is 3. The van der Waals surface area contributed by atoms with E-state index in [-0.39, 0.29) is 11.7 Å². The molecule has 1 aromatic rings. The van der Waals surface area contributed by atoms with Gasteiger partial charge in [0.15, 0.2) is 5.78 Å². The van der Waals surface area contributed by atoms with Crippen LogP contribution in [0.5, 0.6) is 0 Å². The van der Waals surface area contributed by atoms with Crippen LogP contribution in [-0.2, 0) is 11.3 Å². The predicted molar refractivity (Wildman–Crippen MR) is 55.8 cm³/mol. The van der Waals surface area contributed by atoms with E-state index in [0.717, 1.165) is 25.1 Å². The Balaban J connectivity index is 2.12. The molecule has 0 bridgehead atoms. The van der Waals surface area contributed by atoms with Gasteiger partial charge < -0.3 is 4.74 Å². The molecule has 0 N–H and O–H groups in total. The SMILES string of the molecule is CCn1nccc1C(=O)C1CCOCC1.